The fraction of sp³-hybridized carbons (Fsp3) is 0.333. The molecule has 10 nitrogen and oxygen atoms in total. The first-order valence-corrected chi connectivity index (χ1v) is 10.9. The summed E-state index contributed by atoms with van der Waals surface area (Å²) in [4.78, 5) is 30.2. The highest BCUT2D eigenvalue weighted by molar-refractivity contribution is 6.07. The van der Waals surface area contributed by atoms with E-state index in [2.05, 4.69) is 15.2 Å². The number of methoxy groups -OCH3 is 1. The molecule has 1 aliphatic heterocycles. The maximum atomic E-state index is 12.8. The van der Waals surface area contributed by atoms with Gasteiger partial charge in [0.05, 0.1) is 30.3 Å². The highest BCUT2D eigenvalue weighted by atomic mass is 16.5. The maximum absolute atomic E-state index is 12.8. The third-order valence-corrected chi connectivity index (χ3v) is 5.51. The van der Waals surface area contributed by atoms with Gasteiger partial charge in [0.2, 0.25) is 0 Å². The summed E-state index contributed by atoms with van der Waals surface area (Å²) in [5.41, 5.74) is 7.36. The lowest BCUT2D eigenvalue weighted by atomic mass is 10.1. The molecule has 1 fully saturated rings. The predicted octanol–water partition coefficient (Wildman–Crippen LogP) is 2.64. The summed E-state index contributed by atoms with van der Waals surface area (Å²) in [5.74, 6) is -0.890. The van der Waals surface area contributed by atoms with Crippen molar-refractivity contribution >= 4 is 29.0 Å². The number of nitrogens with two attached hydrogens (primary N) is 1. The van der Waals surface area contributed by atoms with Gasteiger partial charge in [0.25, 0.3) is 5.91 Å². The summed E-state index contributed by atoms with van der Waals surface area (Å²) >= 11 is 0. The molecular weight excluding hydrogens is 438 g/mol. The lowest BCUT2D eigenvalue weighted by Crippen LogP contribution is -2.39. The zero-order chi connectivity index (χ0) is 24.7. The van der Waals surface area contributed by atoms with Crippen molar-refractivity contribution in [2.24, 2.45) is 5.73 Å². The fourth-order valence-corrected chi connectivity index (χ4v) is 3.66. The number of carboxylic acids is 1. The number of aromatic nitrogens is 1. The molecule has 1 aliphatic rings. The van der Waals surface area contributed by atoms with E-state index in [1.54, 1.807) is 31.2 Å². The first-order chi connectivity index (χ1) is 16.3. The fourth-order valence-electron chi connectivity index (χ4n) is 3.66. The van der Waals surface area contributed by atoms with Crippen LogP contribution in [0.3, 0.4) is 0 Å². The number of carbonyl (C=O) groups excluding carboxylic acids is 1. The number of amides is 1. The molecule has 1 amide bonds. The van der Waals surface area contributed by atoms with E-state index in [1.807, 2.05) is 12.1 Å². The van der Waals surface area contributed by atoms with Crippen LogP contribution in [0.4, 0.5) is 11.4 Å². The largest absolute Gasteiger partial charge is 0.494 e. The van der Waals surface area contributed by atoms with E-state index < -0.39 is 18.0 Å². The quantitative estimate of drug-likeness (QED) is 0.411. The minimum atomic E-state index is -0.961. The Balaban J connectivity index is 1.67. The van der Waals surface area contributed by atoms with Crippen molar-refractivity contribution < 1.29 is 24.2 Å². The van der Waals surface area contributed by atoms with Gasteiger partial charge in [-0.05, 0) is 56.3 Å². The monoisotopic (exact) mass is 467 g/mol. The Kier molecular flexibility index (Phi) is 8.20. The molecule has 2 aromatic rings. The van der Waals surface area contributed by atoms with Crippen LogP contribution in [0.5, 0.6) is 5.75 Å². The number of nitrogens with zero attached hydrogens (tertiary/aromatic N) is 2. The van der Waals surface area contributed by atoms with Gasteiger partial charge in [-0.3, -0.25) is 10.2 Å². The molecule has 3 rings (SSSR count). The molecule has 34 heavy (non-hydrogen) atoms. The number of anilines is 2. The van der Waals surface area contributed by atoms with E-state index in [1.165, 1.54) is 19.4 Å². The Morgan fingerprint density at radius 2 is 1.97 bits per heavy atom. The SMILES string of the molecule is COc1cc(N2CCC(O[C@H](C)C(=O)O)CC2)ccc1NC(=O)c1cccc(C(=N)/C=C\N)n1. The van der Waals surface area contributed by atoms with Crippen LogP contribution < -0.4 is 20.7 Å². The van der Waals surface area contributed by atoms with Crippen LogP contribution in [0.1, 0.15) is 35.9 Å². The Hall–Kier alpha value is -3.92. The zero-order valence-corrected chi connectivity index (χ0v) is 19.2. The van der Waals surface area contributed by atoms with Crippen LogP contribution in [0.25, 0.3) is 0 Å². The van der Waals surface area contributed by atoms with E-state index in [0.717, 1.165) is 18.5 Å². The number of aliphatic carboxylic acids is 1. The number of piperidine rings is 1. The number of pyridine rings is 1. The second-order valence-corrected chi connectivity index (χ2v) is 7.82. The van der Waals surface area contributed by atoms with Gasteiger partial charge in [-0.2, -0.15) is 0 Å². The Labute approximate surface area is 197 Å². The summed E-state index contributed by atoms with van der Waals surface area (Å²) in [5, 5.41) is 19.8. The number of ether oxygens (including phenoxy) is 2. The first kappa shape index (κ1) is 24.7. The van der Waals surface area contributed by atoms with Crippen LogP contribution in [0.2, 0.25) is 0 Å². The summed E-state index contributed by atoms with van der Waals surface area (Å²) in [7, 11) is 1.53. The number of allylic oxidation sites excluding steroid dienone is 1. The van der Waals surface area contributed by atoms with Gasteiger partial charge in [-0.15, -0.1) is 0 Å². The molecule has 0 radical (unpaired) electrons. The van der Waals surface area contributed by atoms with Gasteiger partial charge < -0.3 is 30.5 Å². The van der Waals surface area contributed by atoms with E-state index in [0.29, 0.717) is 30.2 Å². The molecule has 5 N–H and O–H groups in total. The van der Waals surface area contributed by atoms with Gasteiger partial charge in [0, 0.05) is 24.8 Å². The van der Waals surface area contributed by atoms with E-state index in [9.17, 15) is 9.59 Å². The van der Waals surface area contributed by atoms with Crippen molar-refractivity contribution in [1.29, 1.82) is 5.41 Å². The normalized spacial score (nSPS) is 15.2. The second-order valence-electron chi connectivity index (χ2n) is 7.82. The third kappa shape index (κ3) is 6.10. The van der Waals surface area contributed by atoms with Crippen molar-refractivity contribution in [3.8, 4) is 5.75 Å². The van der Waals surface area contributed by atoms with Gasteiger partial charge in [0.15, 0.2) is 6.10 Å². The molecule has 1 atom stereocenters. The Morgan fingerprint density at radius 1 is 1.26 bits per heavy atom. The Bertz CT molecular complexity index is 1080. The predicted molar refractivity (Wildman–Crippen MR) is 129 cm³/mol. The molecule has 0 bridgehead atoms. The first-order valence-electron chi connectivity index (χ1n) is 10.9. The summed E-state index contributed by atoms with van der Waals surface area (Å²) in [6.07, 6.45) is 3.16. The molecule has 2 heterocycles. The number of nitrogens with one attached hydrogen (secondary N) is 2. The lowest BCUT2D eigenvalue weighted by molar-refractivity contribution is -0.153. The minimum absolute atomic E-state index is 0.0899. The zero-order valence-electron chi connectivity index (χ0n) is 19.2. The van der Waals surface area contributed by atoms with Gasteiger partial charge in [-0.1, -0.05) is 6.07 Å². The van der Waals surface area contributed by atoms with Crippen molar-refractivity contribution in [2.75, 3.05) is 30.4 Å². The molecule has 0 saturated carbocycles. The number of hydrogen-bond donors (Lipinski definition) is 4. The molecule has 0 spiro atoms. The molecular formula is C24H29N5O5. The number of benzene rings is 1. The van der Waals surface area contributed by atoms with Crippen molar-refractivity contribution in [3.63, 3.8) is 0 Å². The van der Waals surface area contributed by atoms with Crippen molar-refractivity contribution in [3.05, 3.63) is 60.1 Å². The molecule has 1 aromatic carbocycles. The molecule has 1 aromatic heterocycles. The molecule has 180 valence electrons. The highest BCUT2D eigenvalue weighted by Gasteiger charge is 2.24. The van der Waals surface area contributed by atoms with Crippen LogP contribution in [-0.4, -0.2) is 60.1 Å². The molecule has 10 heteroatoms. The van der Waals surface area contributed by atoms with Crippen molar-refractivity contribution in [2.45, 2.75) is 32.0 Å². The number of rotatable bonds is 9. The van der Waals surface area contributed by atoms with Crippen molar-refractivity contribution in [1.82, 2.24) is 4.98 Å². The van der Waals surface area contributed by atoms with Gasteiger partial charge in [0.1, 0.15) is 11.4 Å². The maximum Gasteiger partial charge on any atom is 0.332 e. The summed E-state index contributed by atoms with van der Waals surface area (Å²) in [6.45, 7) is 2.97. The minimum Gasteiger partial charge on any atom is -0.494 e. The molecule has 1 saturated heterocycles. The van der Waals surface area contributed by atoms with E-state index in [4.69, 9.17) is 25.7 Å². The number of hydrogen-bond acceptors (Lipinski definition) is 8. The number of carbonyl (C=O) groups is 2. The van der Waals surface area contributed by atoms with Crippen LogP contribution in [0, 0.1) is 5.41 Å². The van der Waals surface area contributed by atoms with Crippen LogP contribution in [0.15, 0.2) is 48.7 Å². The lowest BCUT2D eigenvalue weighted by Gasteiger charge is -2.34. The topological polar surface area (TPSA) is 151 Å². The summed E-state index contributed by atoms with van der Waals surface area (Å²) < 4.78 is 11.1. The third-order valence-electron chi connectivity index (χ3n) is 5.51. The standard InChI is InChI=1S/C24H29N5O5/c1-15(24(31)32)34-17-9-12-29(13-10-17)16-6-7-20(22(14-16)33-2)28-23(30)21-5-3-4-19(27-21)18(26)8-11-25/h3-8,11,14-15,17,26H,9-10,12-13,25H2,1-2H3,(H,28,30)(H,31,32)/b11-8-,26-18?/t15-/m1/s1. The van der Waals surface area contributed by atoms with Crippen LogP contribution in [-0.2, 0) is 9.53 Å². The Morgan fingerprint density at radius 3 is 2.62 bits per heavy atom. The highest BCUT2D eigenvalue weighted by Crippen LogP contribution is 2.32. The van der Waals surface area contributed by atoms with Crippen LogP contribution >= 0.6 is 0 Å². The van der Waals surface area contributed by atoms with Gasteiger partial charge in [-0.25, -0.2) is 9.78 Å². The van der Waals surface area contributed by atoms with E-state index in [-0.39, 0.29) is 17.5 Å². The molecule has 0 unspecified atom stereocenters. The molecule has 0 aliphatic carbocycles. The summed E-state index contributed by atoms with van der Waals surface area (Å²) in [6, 6.07) is 10.4. The van der Waals surface area contributed by atoms with Gasteiger partial charge >= 0.3 is 5.97 Å². The average molecular weight is 468 g/mol. The second kappa shape index (κ2) is 11.3. The smallest absolute Gasteiger partial charge is 0.332 e. The average Bonchev–Trinajstić information content (AvgIpc) is 2.85. The number of carboxylic acid groups (broad SMARTS) is 1. The van der Waals surface area contributed by atoms with E-state index >= 15 is 0 Å².